The summed E-state index contributed by atoms with van der Waals surface area (Å²) in [6.45, 7) is 0.383. The summed E-state index contributed by atoms with van der Waals surface area (Å²) >= 11 is 0. The largest absolute Gasteiger partial charge is 0.358 e. The lowest BCUT2D eigenvalue weighted by atomic mass is 10.3. The molecule has 2 aromatic rings. The first-order valence-corrected chi connectivity index (χ1v) is 5.54. The Morgan fingerprint density at radius 2 is 2.32 bits per heavy atom. The van der Waals surface area contributed by atoms with Gasteiger partial charge in [-0.2, -0.15) is 5.10 Å². The summed E-state index contributed by atoms with van der Waals surface area (Å²) in [7, 11) is 3.13. The van der Waals surface area contributed by atoms with Gasteiger partial charge in [0.25, 0.3) is 5.91 Å². The summed E-state index contributed by atoms with van der Waals surface area (Å²) in [4.78, 5) is 23.9. The summed E-state index contributed by atoms with van der Waals surface area (Å²) in [5.41, 5.74) is 1.14. The van der Waals surface area contributed by atoms with E-state index in [1.54, 1.807) is 19.4 Å². The van der Waals surface area contributed by atoms with Gasteiger partial charge in [0.1, 0.15) is 0 Å². The van der Waals surface area contributed by atoms with E-state index in [-0.39, 0.29) is 17.4 Å². The fourth-order valence-electron chi connectivity index (χ4n) is 1.80. The highest BCUT2D eigenvalue weighted by Crippen LogP contribution is 2.16. The number of carbonyl (C=O) groups excluding carboxylic acids is 1. The molecule has 19 heavy (non-hydrogen) atoms. The molecule has 0 saturated heterocycles. The predicted molar refractivity (Wildman–Crippen MR) is 66.5 cm³/mol. The summed E-state index contributed by atoms with van der Waals surface area (Å²) in [6.07, 6.45) is 3.31. The molecule has 8 heteroatoms. The molecule has 0 aliphatic carbocycles. The Morgan fingerprint density at radius 1 is 1.58 bits per heavy atom. The maximum Gasteiger partial charge on any atom is 0.323 e. The third-order valence-corrected chi connectivity index (χ3v) is 2.82. The van der Waals surface area contributed by atoms with E-state index in [0.29, 0.717) is 6.54 Å². The molecular weight excluding hydrogens is 250 g/mol. The lowest BCUT2D eigenvalue weighted by molar-refractivity contribution is -0.391. The molecule has 1 amide bonds. The number of nitrogens with zero attached hydrogens (tertiary/aromatic N) is 4. The SMILES string of the molecule is CN(Cc1cn[nH]c1)C(=O)c1ccc([N+](=O)[O-])n1C. The maximum absolute atomic E-state index is 12.2. The van der Waals surface area contributed by atoms with Crippen LogP contribution >= 0.6 is 0 Å². The normalized spacial score (nSPS) is 10.4. The zero-order valence-corrected chi connectivity index (χ0v) is 10.5. The Labute approximate surface area is 108 Å². The van der Waals surface area contributed by atoms with Crippen LogP contribution < -0.4 is 0 Å². The number of aromatic amines is 1. The van der Waals surface area contributed by atoms with E-state index in [4.69, 9.17) is 0 Å². The Kier molecular flexibility index (Phi) is 3.32. The van der Waals surface area contributed by atoms with Gasteiger partial charge in [0, 0.05) is 31.4 Å². The van der Waals surface area contributed by atoms with Crippen LogP contribution in [-0.4, -0.2) is 37.5 Å². The molecule has 8 nitrogen and oxygen atoms in total. The lowest BCUT2D eigenvalue weighted by Crippen LogP contribution is -2.27. The van der Waals surface area contributed by atoms with Crippen molar-refractivity contribution in [2.45, 2.75) is 6.54 Å². The first-order chi connectivity index (χ1) is 9.00. The highest BCUT2D eigenvalue weighted by molar-refractivity contribution is 5.93. The quantitative estimate of drug-likeness (QED) is 0.655. The molecule has 0 radical (unpaired) electrons. The van der Waals surface area contributed by atoms with E-state index in [9.17, 15) is 14.9 Å². The van der Waals surface area contributed by atoms with Gasteiger partial charge in [-0.25, -0.2) is 4.57 Å². The van der Waals surface area contributed by atoms with Gasteiger partial charge in [0.2, 0.25) is 0 Å². The fourth-order valence-corrected chi connectivity index (χ4v) is 1.80. The van der Waals surface area contributed by atoms with Crippen molar-refractivity contribution in [2.24, 2.45) is 7.05 Å². The van der Waals surface area contributed by atoms with Gasteiger partial charge in [-0.15, -0.1) is 0 Å². The second-order valence-corrected chi connectivity index (χ2v) is 4.16. The predicted octanol–water partition coefficient (Wildman–Crippen LogP) is 0.929. The average molecular weight is 263 g/mol. The molecule has 0 aromatic carbocycles. The molecule has 0 aliphatic rings. The van der Waals surface area contributed by atoms with Crippen molar-refractivity contribution in [3.05, 3.63) is 45.9 Å². The Morgan fingerprint density at radius 3 is 2.84 bits per heavy atom. The number of hydrogen-bond donors (Lipinski definition) is 1. The number of carbonyl (C=O) groups is 1. The molecule has 0 saturated carbocycles. The fraction of sp³-hybridized carbons (Fsp3) is 0.273. The molecule has 1 N–H and O–H groups in total. The first-order valence-electron chi connectivity index (χ1n) is 5.54. The van der Waals surface area contributed by atoms with E-state index in [1.807, 2.05) is 0 Å². The van der Waals surface area contributed by atoms with E-state index in [0.717, 1.165) is 5.56 Å². The molecule has 0 unspecified atom stereocenters. The zero-order chi connectivity index (χ0) is 14.0. The standard InChI is InChI=1S/C11H13N5O3/c1-14(7-8-5-12-13-6-8)11(17)9-3-4-10(15(9)2)16(18)19/h3-6H,7H2,1-2H3,(H,12,13). The summed E-state index contributed by atoms with van der Waals surface area (Å²) in [6, 6.07) is 2.77. The Bertz CT molecular complexity index is 602. The first kappa shape index (κ1) is 12.8. The van der Waals surface area contributed by atoms with Gasteiger partial charge in [0.05, 0.1) is 13.2 Å². The summed E-state index contributed by atoms with van der Waals surface area (Å²) < 4.78 is 1.27. The molecule has 0 aliphatic heterocycles. The second kappa shape index (κ2) is 4.92. The van der Waals surface area contributed by atoms with Crippen molar-refractivity contribution in [3.63, 3.8) is 0 Å². The van der Waals surface area contributed by atoms with Crippen LogP contribution in [-0.2, 0) is 13.6 Å². The van der Waals surface area contributed by atoms with E-state index >= 15 is 0 Å². The zero-order valence-electron chi connectivity index (χ0n) is 10.5. The number of rotatable bonds is 4. The number of amides is 1. The third-order valence-electron chi connectivity index (χ3n) is 2.82. The van der Waals surface area contributed by atoms with E-state index in [1.165, 1.54) is 28.6 Å². The molecular formula is C11H13N5O3. The molecule has 2 heterocycles. The number of nitro groups is 1. The Balaban J connectivity index is 2.17. The van der Waals surface area contributed by atoms with Crippen LogP contribution in [0, 0.1) is 10.1 Å². The molecule has 2 aromatic heterocycles. The smallest absolute Gasteiger partial charge is 0.323 e. The van der Waals surface area contributed by atoms with Crippen molar-refractivity contribution in [1.29, 1.82) is 0 Å². The summed E-state index contributed by atoms with van der Waals surface area (Å²) in [5, 5.41) is 17.2. The van der Waals surface area contributed by atoms with Crippen molar-refractivity contribution < 1.29 is 9.72 Å². The topological polar surface area (TPSA) is 97.1 Å². The van der Waals surface area contributed by atoms with Gasteiger partial charge in [0.15, 0.2) is 5.69 Å². The van der Waals surface area contributed by atoms with Crippen LogP contribution in [0.3, 0.4) is 0 Å². The molecule has 100 valence electrons. The maximum atomic E-state index is 12.2. The van der Waals surface area contributed by atoms with Crippen LogP contribution in [0.25, 0.3) is 0 Å². The van der Waals surface area contributed by atoms with Crippen molar-refractivity contribution in [1.82, 2.24) is 19.7 Å². The molecule has 0 fully saturated rings. The highest BCUT2D eigenvalue weighted by Gasteiger charge is 2.23. The molecule has 0 bridgehead atoms. The molecule has 2 rings (SSSR count). The number of H-pyrrole nitrogens is 1. The Hall–Kier alpha value is -2.64. The van der Waals surface area contributed by atoms with Crippen LogP contribution in [0.15, 0.2) is 24.5 Å². The second-order valence-electron chi connectivity index (χ2n) is 4.16. The van der Waals surface area contributed by atoms with Crippen LogP contribution in [0.1, 0.15) is 16.1 Å². The van der Waals surface area contributed by atoms with Gasteiger partial charge >= 0.3 is 5.82 Å². The van der Waals surface area contributed by atoms with Crippen molar-refractivity contribution in [2.75, 3.05) is 7.05 Å². The highest BCUT2D eigenvalue weighted by atomic mass is 16.6. The molecule has 0 spiro atoms. The van der Waals surface area contributed by atoms with Gasteiger partial charge in [-0.1, -0.05) is 0 Å². The summed E-state index contributed by atoms with van der Waals surface area (Å²) in [5.74, 6) is -0.392. The van der Waals surface area contributed by atoms with Crippen molar-refractivity contribution >= 4 is 11.7 Å². The monoisotopic (exact) mass is 263 g/mol. The van der Waals surface area contributed by atoms with Crippen molar-refractivity contribution in [3.8, 4) is 0 Å². The van der Waals surface area contributed by atoms with Gasteiger partial charge in [-0.05, 0) is 11.0 Å². The van der Waals surface area contributed by atoms with E-state index in [2.05, 4.69) is 10.2 Å². The minimum atomic E-state index is -0.521. The van der Waals surface area contributed by atoms with Crippen LogP contribution in [0.2, 0.25) is 0 Å². The number of hydrogen-bond acceptors (Lipinski definition) is 4. The number of aromatic nitrogens is 3. The molecule has 0 atom stereocenters. The van der Waals surface area contributed by atoms with E-state index < -0.39 is 4.92 Å². The van der Waals surface area contributed by atoms with Crippen LogP contribution in [0.5, 0.6) is 0 Å². The minimum absolute atomic E-state index is 0.111. The van der Waals surface area contributed by atoms with Crippen LogP contribution in [0.4, 0.5) is 5.82 Å². The number of nitrogens with one attached hydrogen (secondary N) is 1. The lowest BCUT2D eigenvalue weighted by Gasteiger charge is -2.14. The minimum Gasteiger partial charge on any atom is -0.358 e. The third kappa shape index (κ3) is 2.46. The van der Waals surface area contributed by atoms with Gasteiger partial charge in [-0.3, -0.25) is 9.89 Å². The van der Waals surface area contributed by atoms with Gasteiger partial charge < -0.3 is 15.0 Å². The average Bonchev–Trinajstić information content (AvgIpc) is 2.97.